The first-order valence-corrected chi connectivity index (χ1v) is 5.45. The maximum Gasteiger partial charge on any atom is 0.0861 e. The van der Waals surface area contributed by atoms with Crippen LogP contribution in [0.3, 0.4) is 0 Å². The van der Waals surface area contributed by atoms with Gasteiger partial charge >= 0.3 is 0 Å². The van der Waals surface area contributed by atoms with E-state index in [0.29, 0.717) is 17.8 Å². The highest BCUT2D eigenvalue weighted by Gasteiger charge is 2.23. The fraction of sp³-hybridized carbons (Fsp3) is 0.545. The molecule has 0 radical (unpaired) electrons. The summed E-state index contributed by atoms with van der Waals surface area (Å²) in [5.41, 5.74) is 13.1. The Balaban J connectivity index is 3.14. The number of aliphatic hydroxyl groups is 3. The summed E-state index contributed by atoms with van der Waals surface area (Å²) in [6, 6.07) is 1.76. The van der Waals surface area contributed by atoms with Gasteiger partial charge < -0.3 is 26.8 Å². The van der Waals surface area contributed by atoms with E-state index >= 15 is 0 Å². The van der Waals surface area contributed by atoms with E-state index in [-0.39, 0.29) is 13.2 Å². The minimum atomic E-state index is -1.04. The molecular formula is C11H19N3O3. The van der Waals surface area contributed by atoms with Gasteiger partial charge in [0.1, 0.15) is 0 Å². The first kappa shape index (κ1) is 14.0. The second-order valence-electron chi connectivity index (χ2n) is 3.83. The van der Waals surface area contributed by atoms with Gasteiger partial charge in [-0.25, -0.2) is 0 Å². The number of nitrogens with zero attached hydrogens (tertiary/aromatic N) is 1. The molecule has 1 aromatic heterocycles. The summed E-state index contributed by atoms with van der Waals surface area (Å²) < 4.78 is 0. The molecule has 1 heterocycles. The minimum Gasteiger partial charge on any atom is -0.396 e. The number of aliphatic hydroxyl groups excluding tert-OH is 3. The Morgan fingerprint density at radius 2 is 1.88 bits per heavy atom. The van der Waals surface area contributed by atoms with E-state index in [1.807, 2.05) is 0 Å². The van der Waals surface area contributed by atoms with Crippen LogP contribution in [0.25, 0.3) is 0 Å². The van der Waals surface area contributed by atoms with Crippen LogP contribution >= 0.6 is 0 Å². The molecule has 17 heavy (non-hydrogen) atoms. The number of hydrogen-bond donors (Lipinski definition) is 5. The van der Waals surface area contributed by atoms with Crippen molar-refractivity contribution in [3.05, 3.63) is 29.1 Å². The molecule has 1 aromatic rings. The normalized spacial score (nSPS) is 14.6. The SMILES string of the molecule is NCc1cnc(CN)c(C(CO)C(O)CO)c1. The lowest BCUT2D eigenvalue weighted by molar-refractivity contribution is 0.0522. The van der Waals surface area contributed by atoms with Gasteiger partial charge in [0.25, 0.3) is 0 Å². The van der Waals surface area contributed by atoms with Gasteiger partial charge in [-0.15, -0.1) is 0 Å². The summed E-state index contributed by atoms with van der Waals surface area (Å²) in [7, 11) is 0. The van der Waals surface area contributed by atoms with Crippen molar-refractivity contribution in [2.75, 3.05) is 13.2 Å². The molecule has 0 saturated heterocycles. The van der Waals surface area contributed by atoms with Crippen LogP contribution < -0.4 is 11.5 Å². The molecule has 0 amide bonds. The summed E-state index contributed by atoms with van der Waals surface area (Å²) in [6.45, 7) is -0.195. The van der Waals surface area contributed by atoms with E-state index in [9.17, 15) is 10.2 Å². The van der Waals surface area contributed by atoms with Gasteiger partial charge in [-0.05, 0) is 11.1 Å². The van der Waals surface area contributed by atoms with Gasteiger partial charge in [0.2, 0.25) is 0 Å². The van der Waals surface area contributed by atoms with Crippen LogP contribution in [-0.4, -0.2) is 39.6 Å². The summed E-state index contributed by atoms with van der Waals surface area (Å²) in [5, 5.41) is 27.9. The third-order valence-electron chi connectivity index (χ3n) is 2.74. The summed E-state index contributed by atoms with van der Waals surface area (Å²) in [5.74, 6) is -0.599. The highest BCUT2D eigenvalue weighted by Crippen LogP contribution is 2.23. The fourth-order valence-electron chi connectivity index (χ4n) is 1.71. The van der Waals surface area contributed by atoms with E-state index in [2.05, 4.69) is 4.98 Å². The van der Waals surface area contributed by atoms with Crippen LogP contribution in [-0.2, 0) is 13.1 Å². The van der Waals surface area contributed by atoms with Crippen LogP contribution in [0.1, 0.15) is 22.7 Å². The summed E-state index contributed by atoms with van der Waals surface area (Å²) in [4.78, 5) is 4.14. The Morgan fingerprint density at radius 1 is 1.18 bits per heavy atom. The molecule has 0 spiro atoms. The third-order valence-corrected chi connectivity index (χ3v) is 2.74. The predicted molar refractivity (Wildman–Crippen MR) is 62.9 cm³/mol. The van der Waals surface area contributed by atoms with E-state index in [4.69, 9.17) is 16.6 Å². The van der Waals surface area contributed by atoms with Gasteiger partial charge in [0.15, 0.2) is 0 Å². The molecule has 6 nitrogen and oxygen atoms in total. The van der Waals surface area contributed by atoms with Crippen molar-refractivity contribution in [3.8, 4) is 0 Å². The predicted octanol–water partition coefficient (Wildman–Crippen LogP) is -1.57. The Hall–Kier alpha value is -1.05. The van der Waals surface area contributed by atoms with Crippen molar-refractivity contribution in [3.63, 3.8) is 0 Å². The lowest BCUT2D eigenvalue weighted by Gasteiger charge is -2.22. The Morgan fingerprint density at radius 3 is 2.35 bits per heavy atom. The van der Waals surface area contributed by atoms with E-state index < -0.39 is 18.6 Å². The maximum absolute atomic E-state index is 9.64. The smallest absolute Gasteiger partial charge is 0.0861 e. The number of rotatable bonds is 6. The molecule has 0 aliphatic rings. The summed E-state index contributed by atoms with van der Waals surface area (Å²) >= 11 is 0. The van der Waals surface area contributed by atoms with E-state index in [1.165, 1.54) is 0 Å². The van der Waals surface area contributed by atoms with Crippen molar-refractivity contribution in [1.29, 1.82) is 0 Å². The second kappa shape index (κ2) is 6.63. The van der Waals surface area contributed by atoms with Crippen LogP contribution in [0.4, 0.5) is 0 Å². The molecule has 6 heteroatoms. The van der Waals surface area contributed by atoms with Gasteiger partial charge in [-0.3, -0.25) is 4.98 Å². The molecule has 7 N–H and O–H groups in total. The van der Waals surface area contributed by atoms with Crippen LogP contribution in [0.15, 0.2) is 12.3 Å². The number of nitrogens with two attached hydrogens (primary N) is 2. The van der Waals surface area contributed by atoms with E-state index in [0.717, 1.165) is 5.56 Å². The average Bonchev–Trinajstić information content (AvgIpc) is 2.39. The molecule has 0 aliphatic heterocycles. The fourth-order valence-corrected chi connectivity index (χ4v) is 1.71. The average molecular weight is 241 g/mol. The van der Waals surface area contributed by atoms with Crippen LogP contribution in [0.2, 0.25) is 0 Å². The molecule has 0 fully saturated rings. The lowest BCUT2D eigenvalue weighted by Crippen LogP contribution is -2.27. The zero-order valence-corrected chi connectivity index (χ0v) is 9.58. The first-order valence-electron chi connectivity index (χ1n) is 5.45. The second-order valence-corrected chi connectivity index (χ2v) is 3.83. The molecule has 0 aromatic carbocycles. The molecule has 1 rings (SSSR count). The number of hydrogen-bond acceptors (Lipinski definition) is 6. The molecule has 0 aliphatic carbocycles. The Labute approximate surface area is 99.9 Å². The molecular weight excluding hydrogens is 222 g/mol. The molecule has 96 valence electrons. The number of aromatic nitrogens is 1. The molecule has 0 bridgehead atoms. The lowest BCUT2D eigenvalue weighted by atomic mass is 9.92. The highest BCUT2D eigenvalue weighted by atomic mass is 16.3. The van der Waals surface area contributed by atoms with Gasteiger partial charge in [0, 0.05) is 25.2 Å². The maximum atomic E-state index is 9.64. The topological polar surface area (TPSA) is 126 Å². The third kappa shape index (κ3) is 3.21. The zero-order chi connectivity index (χ0) is 12.8. The first-order chi connectivity index (χ1) is 8.17. The van der Waals surface area contributed by atoms with E-state index in [1.54, 1.807) is 12.3 Å². The van der Waals surface area contributed by atoms with Crippen molar-refractivity contribution in [2.24, 2.45) is 11.5 Å². The van der Waals surface area contributed by atoms with Crippen LogP contribution in [0, 0.1) is 0 Å². The van der Waals surface area contributed by atoms with Gasteiger partial charge in [-0.2, -0.15) is 0 Å². The van der Waals surface area contributed by atoms with Crippen LogP contribution in [0.5, 0.6) is 0 Å². The zero-order valence-electron chi connectivity index (χ0n) is 9.58. The standard InChI is InChI=1S/C11H19N3O3/c12-2-7-1-8(10(3-13)14-4-7)9(5-15)11(17)6-16/h1,4,9,11,15-17H,2-3,5-6,12-13H2. The van der Waals surface area contributed by atoms with Gasteiger partial charge in [0.05, 0.1) is 25.0 Å². The van der Waals surface area contributed by atoms with Gasteiger partial charge in [-0.1, -0.05) is 6.07 Å². The quantitative estimate of drug-likeness (QED) is 0.409. The Kier molecular flexibility index (Phi) is 5.46. The van der Waals surface area contributed by atoms with Crippen molar-refractivity contribution in [2.45, 2.75) is 25.1 Å². The van der Waals surface area contributed by atoms with Crippen molar-refractivity contribution < 1.29 is 15.3 Å². The monoisotopic (exact) mass is 241 g/mol. The molecule has 0 saturated carbocycles. The molecule has 2 atom stereocenters. The van der Waals surface area contributed by atoms with Crippen molar-refractivity contribution in [1.82, 2.24) is 4.98 Å². The largest absolute Gasteiger partial charge is 0.396 e. The highest BCUT2D eigenvalue weighted by molar-refractivity contribution is 5.30. The molecule has 2 unspecified atom stereocenters. The minimum absolute atomic E-state index is 0.203. The summed E-state index contributed by atoms with van der Waals surface area (Å²) in [6.07, 6.45) is 0.575. The number of pyridine rings is 1. The van der Waals surface area contributed by atoms with Crippen molar-refractivity contribution >= 4 is 0 Å². The Bertz CT molecular complexity index is 360.